The molecule has 11 heavy (non-hydrogen) atoms. The first-order valence-electron chi connectivity index (χ1n) is 3.45. The quantitative estimate of drug-likeness (QED) is 0.582. The van der Waals surface area contributed by atoms with Gasteiger partial charge in [-0.3, -0.25) is 0 Å². The topological polar surface area (TPSA) is 66.5 Å². The number of aromatic hydroxyl groups is 2. The first kappa shape index (κ1) is 7.88. The lowest BCUT2D eigenvalue weighted by molar-refractivity contribution is 0.446. The Morgan fingerprint density at radius 3 is 2.55 bits per heavy atom. The zero-order valence-electron chi connectivity index (χ0n) is 6.12. The second-order valence-corrected chi connectivity index (χ2v) is 2.35. The first-order chi connectivity index (χ1) is 5.24. The Hall–Kier alpha value is -1.22. The minimum Gasteiger partial charge on any atom is -0.508 e. The molecule has 0 amide bonds. The molecule has 0 aliphatic heterocycles. The molecule has 4 N–H and O–H groups in total. The summed E-state index contributed by atoms with van der Waals surface area (Å²) in [6, 6.07) is 4.51. The van der Waals surface area contributed by atoms with Gasteiger partial charge >= 0.3 is 0 Å². The van der Waals surface area contributed by atoms with Crippen LogP contribution in [-0.2, 0) is 6.42 Å². The first-order valence-corrected chi connectivity index (χ1v) is 3.45. The van der Waals surface area contributed by atoms with Crippen molar-refractivity contribution in [1.82, 2.24) is 0 Å². The average Bonchev–Trinajstić information content (AvgIpc) is 1.95. The van der Waals surface area contributed by atoms with Gasteiger partial charge in [-0.1, -0.05) is 6.07 Å². The Balaban J connectivity index is 2.90. The van der Waals surface area contributed by atoms with Gasteiger partial charge in [0.2, 0.25) is 0 Å². The third-order valence-corrected chi connectivity index (χ3v) is 1.48. The van der Waals surface area contributed by atoms with Crippen molar-refractivity contribution in [1.29, 1.82) is 0 Å². The number of nitrogens with two attached hydrogens (primary N) is 1. The number of hydrogen-bond donors (Lipinski definition) is 3. The van der Waals surface area contributed by atoms with Crippen LogP contribution in [0.1, 0.15) is 5.56 Å². The molecule has 0 aliphatic rings. The van der Waals surface area contributed by atoms with Gasteiger partial charge in [0, 0.05) is 6.07 Å². The minimum atomic E-state index is 0.0725. The number of rotatable bonds is 2. The van der Waals surface area contributed by atoms with Crippen molar-refractivity contribution in [2.45, 2.75) is 6.42 Å². The van der Waals surface area contributed by atoms with E-state index in [4.69, 9.17) is 10.8 Å². The summed E-state index contributed by atoms with van der Waals surface area (Å²) < 4.78 is 0. The fourth-order valence-corrected chi connectivity index (χ4v) is 0.919. The lowest BCUT2D eigenvalue weighted by atomic mass is 10.1. The van der Waals surface area contributed by atoms with Gasteiger partial charge in [0.25, 0.3) is 0 Å². The summed E-state index contributed by atoms with van der Waals surface area (Å²) in [5.41, 5.74) is 6.06. The highest BCUT2D eigenvalue weighted by Crippen LogP contribution is 2.22. The molecule has 0 atom stereocenters. The van der Waals surface area contributed by atoms with E-state index >= 15 is 0 Å². The number of phenols is 2. The molecule has 0 heterocycles. The van der Waals surface area contributed by atoms with Crippen LogP contribution < -0.4 is 5.73 Å². The standard InChI is InChI=1S/C8H11NO2/c9-4-3-6-1-2-7(10)5-8(6)11/h1-2,5,10-11H,3-4,9H2. The summed E-state index contributed by atoms with van der Waals surface area (Å²) in [4.78, 5) is 0. The monoisotopic (exact) mass is 153 g/mol. The molecule has 0 aromatic heterocycles. The summed E-state index contributed by atoms with van der Waals surface area (Å²) in [6.07, 6.45) is 0.631. The third-order valence-electron chi connectivity index (χ3n) is 1.48. The van der Waals surface area contributed by atoms with Crippen LogP contribution in [0.5, 0.6) is 11.5 Å². The molecule has 0 unspecified atom stereocenters. The highest BCUT2D eigenvalue weighted by Gasteiger charge is 1.99. The molecule has 0 bridgehead atoms. The summed E-state index contributed by atoms with van der Waals surface area (Å²) in [7, 11) is 0. The number of phenolic OH excluding ortho intramolecular Hbond substituents is 2. The molecule has 0 saturated carbocycles. The molecule has 0 saturated heterocycles. The van der Waals surface area contributed by atoms with Crippen LogP contribution in [0.3, 0.4) is 0 Å². The zero-order chi connectivity index (χ0) is 8.27. The van der Waals surface area contributed by atoms with Crippen molar-refractivity contribution in [3.63, 3.8) is 0 Å². The zero-order valence-corrected chi connectivity index (χ0v) is 6.12. The van der Waals surface area contributed by atoms with Crippen molar-refractivity contribution >= 4 is 0 Å². The van der Waals surface area contributed by atoms with Gasteiger partial charge in [-0.05, 0) is 24.6 Å². The van der Waals surface area contributed by atoms with Crippen LogP contribution in [0, 0.1) is 0 Å². The van der Waals surface area contributed by atoms with Gasteiger partial charge in [-0.15, -0.1) is 0 Å². The Morgan fingerprint density at radius 1 is 1.27 bits per heavy atom. The Kier molecular flexibility index (Phi) is 2.33. The van der Waals surface area contributed by atoms with Crippen molar-refractivity contribution < 1.29 is 10.2 Å². The predicted octanol–water partition coefficient (Wildman–Crippen LogP) is 0.599. The van der Waals surface area contributed by atoms with Gasteiger partial charge in [-0.25, -0.2) is 0 Å². The molecule has 3 nitrogen and oxygen atoms in total. The highest BCUT2D eigenvalue weighted by molar-refractivity contribution is 5.38. The van der Waals surface area contributed by atoms with Gasteiger partial charge in [-0.2, -0.15) is 0 Å². The van der Waals surface area contributed by atoms with Crippen LogP contribution in [0.25, 0.3) is 0 Å². The summed E-state index contributed by atoms with van der Waals surface area (Å²) >= 11 is 0. The van der Waals surface area contributed by atoms with E-state index in [1.807, 2.05) is 0 Å². The molecule has 0 fully saturated rings. The molecule has 1 aromatic carbocycles. The highest BCUT2D eigenvalue weighted by atomic mass is 16.3. The van der Waals surface area contributed by atoms with Gasteiger partial charge in [0.05, 0.1) is 0 Å². The third kappa shape index (κ3) is 1.85. The van der Waals surface area contributed by atoms with Gasteiger partial charge in [0.15, 0.2) is 0 Å². The number of benzene rings is 1. The van der Waals surface area contributed by atoms with E-state index in [1.165, 1.54) is 12.1 Å². The molecular weight excluding hydrogens is 142 g/mol. The molecule has 3 heteroatoms. The maximum Gasteiger partial charge on any atom is 0.122 e. The maximum absolute atomic E-state index is 9.21. The van der Waals surface area contributed by atoms with Crippen LogP contribution in [0.2, 0.25) is 0 Å². The minimum absolute atomic E-state index is 0.0725. The average molecular weight is 153 g/mol. The molecule has 0 aliphatic carbocycles. The van der Waals surface area contributed by atoms with Crippen molar-refractivity contribution in [3.8, 4) is 11.5 Å². The van der Waals surface area contributed by atoms with Crippen LogP contribution in [-0.4, -0.2) is 16.8 Å². The van der Waals surface area contributed by atoms with E-state index in [-0.39, 0.29) is 11.5 Å². The maximum atomic E-state index is 9.21. The van der Waals surface area contributed by atoms with E-state index in [1.54, 1.807) is 6.07 Å². The number of hydrogen-bond acceptors (Lipinski definition) is 3. The smallest absolute Gasteiger partial charge is 0.122 e. The Bertz CT molecular complexity index is 248. The lowest BCUT2D eigenvalue weighted by Crippen LogP contribution is -2.02. The van der Waals surface area contributed by atoms with E-state index in [9.17, 15) is 5.11 Å². The Morgan fingerprint density at radius 2 is 2.00 bits per heavy atom. The van der Waals surface area contributed by atoms with Crippen LogP contribution in [0.4, 0.5) is 0 Å². The van der Waals surface area contributed by atoms with Crippen LogP contribution >= 0.6 is 0 Å². The van der Waals surface area contributed by atoms with Gasteiger partial charge < -0.3 is 15.9 Å². The molecule has 60 valence electrons. The second-order valence-electron chi connectivity index (χ2n) is 2.35. The lowest BCUT2D eigenvalue weighted by Gasteiger charge is -2.01. The van der Waals surface area contributed by atoms with Crippen LogP contribution in [0.15, 0.2) is 18.2 Å². The van der Waals surface area contributed by atoms with Crippen molar-refractivity contribution in [2.75, 3.05) is 6.54 Å². The van der Waals surface area contributed by atoms with Crippen molar-refractivity contribution in [3.05, 3.63) is 23.8 Å². The largest absolute Gasteiger partial charge is 0.508 e. The molecular formula is C8H11NO2. The fourth-order valence-electron chi connectivity index (χ4n) is 0.919. The Labute approximate surface area is 65.1 Å². The normalized spacial score (nSPS) is 9.91. The molecule has 0 radical (unpaired) electrons. The SMILES string of the molecule is NCCc1ccc(O)cc1O. The van der Waals surface area contributed by atoms with E-state index in [2.05, 4.69) is 0 Å². The van der Waals surface area contributed by atoms with Crippen molar-refractivity contribution in [2.24, 2.45) is 5.73 Å². The molecule has 0 spiro atoms. The van der Waals surface area contributed by atoms with E-state index in [0.717, 1.165) is 5.56 Å². The summed E-state index contributed by atoms with van der Waals surface area (Å²) in [5.74, 6) is 0.179. The second kappa shape index (κ2) is 3.25. The molecule has 1 aromatic rings. The summed E-state index contributed by atoms with van der Waals surface area (Å²) in [6.45, 7) is 0.498. The predicted molar refractivity (Wildman–Crippen MR) is 42.5 cm³/mol. The fraction of sp³-hybridized carbons (Fsp3) is 0.250. The van der Waals surface area contributed by atoms with E-state index in [0.29, 0.717) is 13.0 Å². The van der Waals surface area contributed by atoms with E-state index < -0.39 is 0 Å². The summed E-state index contributed by atoms with van der Waals surface area (Å²) in [5, 5.41) is 18.1. The molecule has 1 rings (SSSR count). The van der Waals surface area contributed by atoms with Gasteiger partial charge in [0.1, 0.15) is 11.5 Å².